The normalized spacial score (nSPS) is 12.9. The van der Waals surface area contributed by atoms with Gasteiger partial charge >= 0.3 is 0 Å². The molecule has 0 bridgehead atoms. The lowest BCUT2D eigenvalue weighted by molar-refractivity contribution is 0.268. The molecule has 0 heterocycles. The van der Waals surface area contributed by atoms with Gasteiger partial charge in [0.05, 0.1) is 0 Å². The van der Waals surface area contributed by atoms with Crippen molar-refractivity contribution in [2.24, 2.45) is 0 Å². The summed E-state index contributed by atoms with van der Waals surface area (Å²) in [6.45, 7) is 2.00. The van der Waals surface area contributed by atoms with E-state index in [0.717, 1.165) is 11.1 Å². The first kappa shape index (κ1) is 11.1. The van der Waals surface area contributed by atoms with E-state index in [0.29, 0.717) is 6.42 Å². The van der Waals surface area contributed by atoms with Gasteiger partial charge in [-0.15, -0.1) is 0 Å². The van der Waals surface area contributed by atoms with Gasteiger partial charge in [-0.1, -0.05) is 6.07 Å². The fraction of sp³-hybridized carbons (Fsp3) is 0.455. The molecule has 14 heavy (non-hydrogen) atoms. The molecule has 1 aromatic rings. The van der Waals surface area contributed by atoms with Crippen LogP contribution in [0.15, 0.2) is 18.2 Å². The Labute approximate surface area is 83.8 Å². The highest BCUT2D eigenvalue weighted by Crippen LogP contribution is 2.20. The average molecular weight is 197 g/mol. The molecule has 0 spiro atoms. The van der Waals surface area contributed by atoms with Crippen molar-refractivity contribution in [2.45, 2.75) is 19.4 Å². The molecule has 0 aliphatic rings. The van der Waals surface area contributed by atoms with Crippen LogP contribution in [0.2, 0.25) is 0 Å². The zero-order valence-electron chi connectivity index (χ0n) is 8.55. The van der Waals surface area contributed by atoms with Crippen molar-refractivity contribution in [3.8, 4) is 0 Å². The zero-order valence-corrected chi connectivity index (χ0v) is 8.55. The van der Waals surface area contributed by atoms with Crippen LogP contribution in [0.4, 0.5) is 4.39 Å². The fourth-order valence-corrected chi connectivity index (χ4v) is 1.61. The SMILES string of the molecule is CNC(CCO)c1ccc(F)cc1C. The van der Waals surface area contributed by atoms with Gasteiger partial charge in [0.15, 0.2) is 0 Å². The van der Waals surface area contributed by atoms with Crippen molar-refractivity contribution in [1.29, 1.82) is 0 Å². The first-order valence-corrected chi connectivity index (χ1v) is 4.73. The molecular formula is C11H16FNO. The monoisotopic (exact) mass is 197 g/mol. The molecule has 0 aromatic heterocycles. The van der Waals surface area contributed by atoms with Crippen LogP contribution in [0.3, 0.4) is 0 Å². The predicted octanol–water partition coefficient (Wildman–Crippen LogP) is 1.78. The van der Waals surface area contributed by atoms with Crippen LogP contribution in [0, 0.1) is 12.7 Å². The van der Waals surface area contributed by atoms with E-state index in [1.54, 1.807) is 6.07 Å². The van der Waals surface area contributed by atoms with Crippen LogP contribution in [0.5, 0.6) is 0 Å². The number of hydrogen-bond donors (Lipinski definition) is 2. The molecule has 0 amide bonds. The second-order valence-corrected chi connectivity index (χ2v) is 3.35. The molecule has 1 unspecified atom stereocenters. The summed E-state index contributed by atoms with van der Waals surface area (Å²) in [6.07, 6.45) is 0.642. The molecule has 0 aliphatic carbocycles. The number of aryl methyl sites for hydroxylation is 1. The number of aliphatic hydroxyl groups excluding tert-OH is 1. The summed E-state index contributed by atoms with van der Waals surface area (Å²) < 4.78 is 12.8. The summed E-state index contributed by atoms with van der Waals surface area (Å²) in [5.74, 6) is -0.217. The molecular weight excluding hydrogens is 181 g/mol. The summed E-state index contributed by atoms with van der Waals surface area (Å²) in [5.41, 5.74) is 1.96. The number of aliphatic hydroxyl groups is 1. The molecule has 1 aromatic carbocycles. The molecule has 0 fully saturated rings. The van der Waals surface area contributed by atoms with Gasteiger partial charge in [-0.05, 0) is 43.7 Å². The Balaban J connectivity index is 2.92. The Morgan fingerprint density at radius 1 is 1.50 bits per heavy atom. The van der Waals surface area contributed by atoms with Gasteiger partial charge in [0.2, 0.25) is 0 Å². The van der Waals surface area contributed by atoms with Crippen molar-refractivity contribution in [3.05, 3.63) is 35.1 Å². The quantitative estimate of drug-likeness (QED) is 0.771. The summed E-state index contributed by atoms with van der Waals surface area (Å²) in [5, 5.41) is 12.0. The number of rotatable bonds is 4. The summed E-state index contributed by atoms with van der Waals surface area (Å²) in [6, 6.07) is 4.82. The first-order chi connectivity index (χ1) is 6.69. The summed E-state index contributed by atoms with van der Waals surface area (Å²) >= 11 is 0. The second kappa shape index (κ2) is 5.08. The minimum Gasteiger partial charge on any atom is -0.396 e. The van der Waals surface area contributed by atoms with E-state index in [2.05, 4.69) is 5.32 Å². The van der Waals surface area contributed by atoms with E-state index in [9.17, 15) is 4.39 Å². The lowest BCUT2D eigenvalue weighted by atomic mass is 9.99. The van der Waals surface area contributed by atoms with E-state index >= 15 is 0 Å². The van der Waals surface area contributed by atoms with Crippen molar-refractivity contribution >= 4 is 0 Å². The maximum Gasteiger partial charge on any atom is 0.123 e. The van der Waals surface area contributed by atoms with E-state index in [1.165, 1.54) is 12.1 Å². The number of halogens is 1. The highest BCUT2D eigenvalue weighted by molar-refractivity contribution is 5.29. The van der Waals surface area contributed by atoms with E-state index < -0.39 is 0 Å². The zero-order chi connectivity index (χ0) is 10.6. The largest absolute Gasteiger partial charge is 0.396 e. The standard InChI is InChI=1S/C11H16FNO/c1-8-7-9(12)3-4-10(8)11(13-2)5-6-14/h3-4,7,11,13-14H,5-6H2,1-2H3. The van der Waals surface area contributed by atoms with Crippen LogP contribution >= 0.6 is 0 Å². The van der Waals surface area contributed by atoms with Gasteiger partial charge in [0.25, 0.3) is 0 Å². The van der Waals surface area contributed by atoms with Gasteiger partial charge in [0, 0.05) is 12.6 Å². The third kappa shape index (κ3) is 2.53. The first-order valence-electron chi connectivity index (χ1n) is 4.73. The maximum atomic E-state index is 12.8. The molecule has 1 rings (SSSR count). The Kier molecular flexibility index (Phi) is 4.04. The Bertz CT molecular complexity index is 301. The summed E-state index contributed by atoms with van der Waals surface area (Å²) in [4.78, 5) is 0. The summed E-state index contributed by atoms with van der Waals surface area (Å²) in [7, 11) is 1.84. The fourth-order valence-electron chi connectivity index (χ4n) is 1.61. The highest BCUT2D eigenvalue weighted by Gasteiger charge is 2.11. The van der Waals surface area contributed by atoms with Crippen LogP contribution in [0.25, 0.3) is 0 Å². The Morgan fingerprint density at radius 3 is 2.71 bits per heavy atom. The molecule has 78 valence electrons. The minimum atomic E-state index is -0.217. The smallest absolute Gasteiger partial charge is 0.123 e. The molecule has 0 aliphatic heterocycles. The van der Waals surface area contributed by atoms with Gasteiger partial charge in [0.1, 0.15) is 5.82 Å². The molecule has 0 saturated carbocycles. The van der Waals surface area contributed by atoms with Crippen LogP contribution in [0.1, 0.15) is 23.6 Å². The average Bonchev–Trinajstić information content (AvgIpc) is 2.15. The van der Waals surface area contributed by atoms with Gasteiger partial charge in [-0.3, -0.25) is 0 Å². The number of nitrogens with one attached hydrogen (secondary N) is 1. The molecule has 0 saturated heterocycles. The van der Waals surface area contributed by atoms with Crippen molar-refractivity contribution in [2.75, 3.05) is 13.7 Å². The van der Waals surface area contributed by atoms with E-state index in [4.69, 9.17) is 5.11 Å². The molecule has 1 atom stereocenters. The lowest BCUT2D eigenvalue weighted by Gasteiger charge is -2.17. The van der Waals surface area contributed by atoms with Crippen molar-refractivity contribution < 1.29 is 9.50 Å². The second-order valence-electron chi connectivity index (χ2n) is 3.35. The van der Waals surface area contributed by atoms with E-state index in [1.807, 2.05) is 14.0 Å². The third-order valence-corrected chi connectivity index (χ3v) is 2.37. The number of benzene rings is 1. The van der Waals surface area contributed by atoms with Gasteiger partial charge in [-0.2, -0.15) is 0 Å². The van der Waals surface area contributed by atoms with Crippen LogP contribution in [-0.2, 0) is 0 Å². The predicted molar refractivity (Wildman–Crippen MR) is 54.6 cm³/mol. The molecule has 2 nitrogen and oxygen atoms in total. The lowest BCUT2D eigenvalue weighted by Crippen LogP contribution is -2.18. The number of hydrogen-bond acceptors (Lipinski definition) is 2. The minimum absolute atomic E-state index is 0.0978. The van der Waals surface area contributed by atoms with E-state index in [-0.39, 0.29) is 18.5 Å². The Morgan fingerprint density at radius 2 is 2.21 bits per heavy atom. The van der Waals surface area contributed by atoms with Gasteiger partial charge < -0.3 is 10.4 Å². The van der Waals surface area contributed by atoms with Crippen molar-refractivity contribution in [1.82, 2.24) is 5.32 Å². The topological polar surface area (TPSA) is 32.3 Å². The highest BCUT2D eigenvalue weighted by atomic mass is 19.1. The van der Waals surface area contributed by atoms with Crippen molar-refractivity contribution in [3.63, 3.8) is 0 Å². The third-order valence-electron chi connectivity index (χ3n) is 2.37. The van der Waals surface area contributed by atoms with Gasteiger partial charge in [-0.25, -0.2) is 4.39 Å². The molecule has 0 radical (unpaired) electrons. The molecule has 2 N–H and O–H groups in total. The molecule has 3 heteroatoms. The Hall–Kier alpha value is -0.930. The maximum absolute atomic E-state index is 12.8. The van der Waals surface area contributed by atoms with Crippen LogP contribution in [-0.4, -0.2) is 18.8 Å². The van der Waals surface area contributed by atoms with Crippen LogP contribution < -0.4 is 5.32 Å².